The van der Waals surface area contributed by atoms with Crippen molar-refractivity contribution in [3.05, 3.63) is 87.3 Å². The number of carbonyl (C=O) groups is 1. The van der Waals surface area contributed by atoms with E-state index in [9.17, 15) is 18.0 Å². The van der Waals surface area contributed by atoms with Crippen LogP contribution in [0.5, 0.6) is 5.88 Å². The molecule has 1 aliphatic heterocycles. The highest BCUT2D eigenvalue weighted by Gasteiger charge is 2.33. The van der Waals surface area contributed by atoms with Crippen molar-refractivity contribution in [1.82, 2.24) is 20.2 Å². The van der Waals surface area contributed by atoms with Crippen LogP contribution in [0.1, 0.15) is 59.5 Å². The van der Waals surface area contributed by atoms with Crippen LogP contribution in [0.25, 0.3) is 0 Å². The van der Waals surface area contributed by atoms with Crippen LogP contribution in [0.4, 0.5) is 13.2 Å². The van der Waals surface area contributed by atoms with Gasteiger partial charge < -0.3 is 15.0 Å². The van der Waals surface area contributed by atoms with Crippen molar-refractivity contribution >= 4 is 29.1 Å². The molecule has 11 heteroatoms. The number of carbonyl (C=O) groups excluding carboxylic acids is 1. The van der Waals surface area contributed by atoms with E-state index in [1.807, 2.05) is 19.1 Å². The molecule has 0 radical (unpaired) electrons. The highest BCUT2D eigenvalue weighted by Crippen LogP contribution is 2.37. The summed E-state index contributed by atoms with van der Waals surface area (Å²) in [6.07, 6.45) is 0.265. The van der Waals surface area contributed by atoms with Crippen LogP contribution in [0.15, 0.2) is 54.9 Å². The molecule has 1 aromatic carbocycles. The minimum Gasteiger partial charge on any atom is -0.469 e. The van der Waals surface area contributed by atoms with E-state index in [-0.39, 0.29) is 33.5 Å². The summed E-state index contributed by atoms with van der Waals surface area (Å²) in [6.45, 7) is 6.01. The van der Waals surface area contributed by atoms with Gasteiger partial charge in [-0.05, 0) is 70.0 Å². The fourth-order valence-corrected chi connectivity index (χ4v) is 5.51. The number of rotatable bonds is 9. The first-order valence-corrected chi connectivity index (χ1v) is 13.9. The standard InChI is InChI=1S/C29H31Cl2F3N4O2/c1-18-4-3-5-25(37-18)40-27(20-6-8-22(9-7-20)29(32,33)34)21-11-14-38(15-12-21)19(2)10-13-36-28(39)26-23(30)16-35-17-24(26)31/h3-9,16-17,19,21,27H,10-15H2,1-2H3,(H,36,39). The zero-order valence-electron chi connectivity index (χ0n) is 22.2. The maximum Gasteiger partial charge on any atom is 0.416 e. The highest BCUT2D eigenvalue weighted by molar-refractivity contribution is 6.39. The minimum absolute atomic E-state index is 0.0955. The number of nitrogens with zero attached hydrogens (tertiary/aromatic N) is 3. The molecular weight excluding hydrogens is 564 g/mol. The number of hydrogen-bond donors (Lipinski definition) is 1. The Morgan fingerprint density at radius 3 is 2.35 bits per heavy atom. The summed E-state index contributed by atoms with van der Waals surface area (Å²) < 4.78 is 45.8. The molecule has 1 aliphatic rings. The van der Waals surface area contributed by atoms with E-state index in [0.29, 0.717) is 18.0 Å². The largest absolute Gasteiger partial charge is 0.469 e. The van der Waals surface area contributed by atoms with Crippen molar-refractivity contribution in [3.63, 3.8) is 0 Å². The number of benzene rings is 1. The van der Waals surface area contributed by atoms with Crippen molar-refractivity contribution in [2.45, 2.75) is 51.4 Å². The highest BCUT2D eigenvalue weighted by atomic mass is 35.5. The predicted molar refractivity (Wildman–Crippen MR) is 149 cm³/mol. The Balaban J connectivity index is 1.37. The van der Waals surface area contributed by atoms with Gasteiger partial charge in [0.1, 0.15) is 6.10 Å². The summed E-state index contributed by atoms with van der Waals surface area (Å²) in [5.74, 6) is 0.202. The lowest BCUT2D eigenvalue weighted by atomic mass is 9.86. The van der Waals surface area contributed by atoms with Crippen LogP contribution in [-0.2, 0) is 6.18 Å². The average Bonchev–Trinajstić information content (AvgIpc) is 2.91. The number of halogens is 5. The lowest BCUT2D eigenvalue weighted by Gasteiger charge is -2.39. The van der Waals surface area contributed by atoms with Crippen molar-refractivity contribution in [1.29, 1.82) is 0 Å². The normalized spacial score (nSPS) is 16.4. The van der Waals surface area contributed by atoms with Gasteiger partial charge in [-0.25, -0.2) is 4.98 Å². The Morgan fingerprint density at radius 1 is 1.10 bits per heavy atom. The third kappa shape index (κ3) is 7.65. The van der Waals surface area contributed by atoms with Crippen molar-refractivity contribution in [2.75, 3.05) is 19.6 Å². The van der Waals surface area contributed by atoms with Crippen LogP contribution in [0, 0.1) is 12.8 Å². The lowest BCUT2D eigenvalue weighted by molar-refractivity contribution is -0.137. The van der Waals surface area contributed by atoms with Crippen LogP contribution in [0.2, 0.25) is 10.0 Å². The van der Waals surface area contributed by atoms with E-state index in [0.717, 1.165) is 50.2 Å². The second kappa shape index (κ2) is 13.2. The maximum atomic E-state index is 13.2. The fourth-order valence-electron chi connectivity index (χ4n) is 4.97. The summed E-state index contributed by atoms with van der Waals surface area (Å²) in [6, 6.07) is 10.9. The third-order valence-electron chi connectivity index (χ3n) is 7.23. The maximum absolute atomic E-state index is 13.2. The van der Waals surface area contributed by atoms with Crippen LogP contribution < -0.4 is 10.1 Å². The molecule has 0 saturated carbocycles. The molecule has 0 spiro atoms. The molecule has 0 aliphatic carbocycles. The third-order valence-corrected chi connectivity index (χ3v) is 7.80. The van der Waals surface area contributed by atoms with Crippen LogP contribution >= 0.6 is 23.2 Å². The number of aryl methyl sites for hydroxylation is 1. The predicted octanol–water partition coefficient (Wildman–Crippen LogP) is 7.15. The summed E-state index contributed by atoms with van der Waals surface area (Å²) in [4.78, 5) is 23.2. The summed E-state index contributed by atoms with van der Waals surface area (Å²) in [7, 11) is 0. The first-order valence-electron chi connectivity index (χ1n) is 13.1. The van der Waals surface area contributed by atoms with Gasteiger partial charge in [0.2, 0.25) is 5.88 Å². The quantitative estimate of drug-likeness (QED) is 0.285. The number of ether oxygens (including phenoxy) is 1. The second-order valence-electron chi connectivity index (χ2n) is 10.0. The summed E-state index contributed by atoms with van der Waals surface area (Å²) in [5.41, 5.74) is 1.02. The van der Waals surface area contributed by atoms with Gasteiger partial charge in [-0.1, -0.05) is 41.4 Å². The Hall–Kier alpha value is -2.88. The Kier molecular flexibility index (Phi) is 9.92. The zero-order valence-corrected chi connectivity index (χ0v) is 23.7. The molecule has 214 valence electrons. The number of piperidine rings is 1. The molecule has 3 heterocycles. The average molecular weight is 595 g/mol. The number of amides is 1. The molecule has 6 nitrogen and oxygen atoms in total. The van der Waals surface area contributed by atoms with E-state index < -0.39 is 17.8 Å². The number of alkyl halides is 3. The van der Waals surface area contributed by atoms with Gasteiger partial charge in [0.05, 0.1) is 21.2 Å². The van der Waals surface area contributed by atoms with Gasteiger partial charge in [-0.3, -0.25) is 9.78 Å². The molecule has 1 saturated heterocycles. The van der Waals surface area contributed by atoms with Gasteiger partial charge in [-0.2, -0.15) is 13.2 Å². The molecule has 4 rings (SSSR count). The van der Waals surface area contributed by atoms with Gasteiger partial charge in [0.25, 0.3) is 5.91 Å². The monoisotopic (exact) mass is 594 g/mol. The SMILES string of the molecule is Cc1cccc(OC(c2ccc(C(F)(F)F)cc2)C2CCN(C(C)CCNC(=O)c3c(Cl)cncc3Cl)CC2)n1. The fraction of sp³-hybridized carbons (Fsp3) is 0.414. The number of aromatic nitrogens is 2. The summed E-state index contributed by atoms with van der Waals surface area (Å²) >= 11 is 12.2. The van der Waals surface area contributed by atoms with Crippen LogP contribution in [0.3, 0.4) is 0 Å². The van der Waals surface area contributed by atoms with Gasteiger partial charge in [-0.15, -0.1) is 0 Å². The van der Waals surface area contributed by atoms with E-state index >= 15 is 0 Å². The molecule has 1 amide bonds. The number of likely N-dealkylation sites (tertiary alicyclic amines) is 1. The Bertz CT molecular complexity index is 1280. The second-order valence-corrected chi connectivity index (χ2v) is 10.8. The number of nitrogens with one attached hydrogen (secondary N) is 1. The Morgan fingerprint density at radius 2 is 1.75 bits per heavy atom. The molecule has 3 aromatic rings. The zero-order chi connectivity index (χ0) is 28.9. The number of pyridine rings is 2. The summed E-state index contributed by atoms with van der Waals surface area (Å²) in [5, 5.41) is 3.28. The van der Waals surface area contributed by atoms with Crippen LogP contribution in [-0.4, -0.2) is 46.5 Å². The lowest BCUT2D eigenvalue weighted by Crippen LogP contribution is -2.43. The molecule has 0 bridgehead atoms. The first kappa shape index (κ1) is 30.1. The topological polar surface area (TPSA) is 67.3 Å². The Labute approximate surface area is 241 Å². The van der Waals surface area contributed by atoms with E-state index in [1.165, 1.54) is 24.5 Å². The van der Waals surface area contributed by atoms with Gasteiger partial charge in [0.15, 0.2) is 0 Å². The first-order chi connectivity index (χ1) is 19.0. The van der Waals surface area contributed by atoms with Crippen molar-refractivity contribution < 1.29 is 22.7 Å². The number of hydrogen-bond acceptors (Lipinski definition) is 5. The van der Waals surface area contributed by atoms with Crippen molar-refractivity contribution in [2.24, 2.45) is 5.92 Å². The van der Waals surface area contributed by atoms with E-state index in [4.69, 9.17) is 27.9 Å². The molecular formula is C29H31Cl2F3N4O2. The molecule has 40 heavy (non-hydrogen) atoms. The molecule has 2 unspecified atom stereocenters. The van der Waals surface area contributed by atoms with E-state index in [1.54, 1.807) is 6.07 Å². The van der Waals surface area contributed by atoms with Gasteiger partial charge >= 0.3 is 6.18 Å². The molecule has 2 aromatic heterocycles. The van der Waals surface area contributed by atoms with Crippen molar-refractivity contribution in [3.8, 4) is 5.88 Å². The van der Waals surface area contributed by atoms with E-state index in [2.05, 4.69) is 27.1 Å². The molecule has 2 atom stereocenters. The minimum atomic E-state index is -4.40. The van der Waals surface area contributed by atoms with Gasteiger partial charge in [0, 0.05) is 42.7 Å². The molecule has 1 fully saturated rings. The molecule has 1 N–H and O–H groups in total. The smallest absolute Gasteiger partial charge is 0.416 e.